The van der Waals surface area contributed by atoms with Gasteiger partial charge in [-0.25, -0.2) is 0 Å². The third-order valence-corrected chi connectivity index (χ3v) is 5.29. The Bertz CT molecular complexity index is 656. The van der Waals surface area contributed by atoms with E-state index in [-0.39, 0.29) is 18.6 Å². The molecule has 2 aromatic rings. The van der Waals surface area contributed by atoms with Crippen molar-refractivity contribution in [2.45, 2.75) is 57.1 Å². The molecule has 28 heavy (non-hydrogen) atoms. The van der Waals surface area contributed by atoms with Crippen molar-refractivity contribution in [3.05, 3.63) is 59.7 Å². The van der Waals surface area contributed by atoms with Crippen molar-refractivity contribution in [2.24, 2.45) is 5.73 Å². The van der Waals surface area contributed by atoms with E-state index in [1.165, 1.54) is 0 Å². The Kier molecular flexibility index (Phi) is 6.47. The van der Waals surface area contributed by atoms with E-state index in [0.717, 1.165) is 74.4 Å². The molecule has 150 valence electrons. The van der Waals surface area contributed by atoms with Crippen LogP contribution in [0.3, 0.4) is 0 Å². The molecular weight excluding hydrogens is 354 g/mol. The monoisotopic (exact) mass is 383 g/mol. The van der Waals surface area contributed by atoms with Crippen LogP contribution in [0.25, 0.3) is 0 Å². The normalized spacial score (nSPS) is 23.8. The molecule has 0 aliphatic carbocycles. The minimum absolute atomic E-state index is 0.131. The maximum atomic E-state index is 6.45. The van der Waals surface area contributed by atoms with Crippen LogP contribution in [0.4, 0.5) is 0 Å². The van der Waals surface area contributed by atoms with Crippen LogP contribution in [0, 0.1) is 0 Å². The fourth-order valence-electron chi connectivity index (χ4n) is 3.61. The van der Waals surface area contributed by atoms with Crippen molar-refractivity contribution in [3.8, 4) is 11.5 Å². The molecule has 2 unspecified atom stereocenters. The SMILES string of the molecule is NC(c1ccc(OC2CCCCO2)cc1)c1ccc(OC2CCCCO2)cc1. The Balaban J connectivity index is 1.34. The summed E-state index contributed by atoms with van der Waals surface area (Å²) in [6.07, 6.45) is 6.17. The first-order valence-corrected chi connectivity index (χ1v) is 10.3. The summed E-state index contributed by atoms with van der Waals surface area (Å²) in [6.45, 7) is 1.56. The van der Waals surface area contributed by atoms with Crippen molar-refractivity contribution in [1.82, 2.24) is 0 Å². The zero-order chi connectivity index (χ0) is 19.2. The lowest BCUT2D eigenvalue weighted by Gasteiger charge is -2.24. The van der Waals surface area contributed by atoms with E-state index in [1.54, 1.807) is 0 Å². The van der Waals surface area contributed by atoms with Gasteiger partial charge in [-0.1, -0.05) is 24.3 Å². The van der Waals surface area contributed by atoms with Gasteiger partial charge in [0.25, 0.3) is 0 Å². The molecule has 0 aromatic heterocycles. The molecule has 0 bridgehead atoms. The lowest BCUT2D eigenvalue weighted by atomic mass is 9.99. The zero-order valence-corrected chi connectivity index (χ0v) is 16.2. The number of hydrogen-bond donors (Lipinski definition) is 1. The molecule has 2 heterocycles. The first-order valence-electron chi connectivity index (χ1n) is 10.3. The van der Waals surface area contributed by atoms with Crippen molar-refractivity contribution in [1.29, 1.82) is 0 Å². The first kappa shape index (κ1) is 19.2. The van der Waals surface area contributed by atoms with Crippen LogP contribution in [-0.2, 0) is 9.47 Å². The smallest absolute Gasteiger partial charge is 0.199 e. The maximum absolute atomic E-state index is 6.45. The van der Waals surface area contributed by atoms with Crippen molar-refractivity contribution in [3.63, 3.8) is 0 Å². The van der Waals surface area contributed by atoms with Gasteiger partial charge in [-0.2, -0.15) is 0 Å². The van der Waals surface area contributed by atoms with E-state index >= 15 is 0 Å². The molecule has 2 aliphatic heterocycles. The molecule has 2 aromatic carbocycles. The van der Waals surface area contributed by atoms with E-state index in [2.05, 4.69) is 0 Å². The van der Waals surface area contributed by atoms with Crippen LogP contribution in [0.2, 0.25) is 0 Å². The summed E-state index contributed by atoms with van der Waals surface area (Å²) in [5.41, 5.74) is 8.54. The van der Waals surface area contributed by atoms with Gasteiger partial charge in [-0.05, 0) is 61.1 Å². The van der Waals surface area contributed by atoms with E-state index in [9.17, 15) is 0 Å². The summed E-state index contributed by atoms with van der Waals surface area (Å²) < 4.78 is 23.0. The molecule has 2 fully saturated rings. The summed E-state index contributed by atoms with van der Waals surface area (Å²) in [7, 11) is 0. The van der Waals surface area contributed by atoms with Gasteiger partial charge in [-0.15, -0.1) is 0 Å². The highest BCUT2D eigenvalue weighted by molar-refractivity contribution is 5.37. The molecule has 2 aliphatic rings. The molecule has 0 saturated carbocycles. The minimum Gasteiger partial charge on any atom is -0.465 e. The fraction of sp³-hybridized carbons (Fsp3) is 0.478. The molecule has 2 atom stereocenters. The summed E-state index contributed by atoms with van der Waals surface area (Å²) in [4.78, 5) is 0. The van der Waals surface area contributed by atoms with Gasteiger partial charge in [0.05, 0.1) is 19.3 Å². The van der Waals surface area contributed by atoms with Gasteiger partial charge >= 0.3 is 0 Å². The van der Waals surface area contributed by atoms with E-state index < -0.39 is 0 Å². The highest BCUT2D eigenvalue weighted by atomic mass is 16.7. The van der Waals surface area contributed by atoms with Gasteiger partial charge in [-0.3, -0.25) is 0 Å². The highest BCUT2D eigenvalue weighted by Crippen LogP contribution is 2.26. The first-order chi connectivity index (χ1) is 13.8. The number of hydrogen-bond acceptors (Lipinski definition) is 5. The van der Waals surface area contributed by atoms with Gasteiger partial charge in [0.1, 0.15) is 11.5 Å². The molecular formula is C23H29NO4. The van der Waals surface area contributed by atoms with Crippen LogP contribution in [0.15, 0.2) is 48.5 Å². The quantitative estimate of drug-likeness (QED) is 0.793. The Morgan fingerprint density at radius 3 is 1.46 bits per heavy atom. The van der Waals surface area contributed by atoms with Gasteiger partial charge in [0.2, 0.25) is 0 Å². The lowest BCUT2D eigenvalue weighted by molar-refractivity contribution is -0.106. The number of benzene rings is 2. The second-order valence-electron chi connectivity index (χ2n) is 7.44. The van der Waals surface area contributed by atoms with E-state index in [4.69, 9.17) is 24.7 Å². The molecule has 0 radical (unpaired) electrons. The lowest BCUT2D eigenvalue weighted by Crippen LogP contribution is -2.25. The maximum Gasteiger partial charge on any atom is 0.199 e. The van der Waals surface area contributed by atoms with E-state index in [0.29, 0.717) is 0 Å². The average molecular weight is 383 g/mol. The molecule has 0 spiro atoms. The summed E-state index contributed by atoms with van der Waals surface area (Å²) in [5, 5.41) is 0. The van der Waals surface area contributed by atoms with Crippen molar-refractivity contribution < 1.29 is 18.9 Å². The predicted octanol–water partition coefficient (Wildman–Crippen LogP) is 4.55. The standard InChI is InChI=1S/C23H29NO4/c24-23(17-7-11-19(12-8-17)27-21-5-1-3-15-25-21)18-9-13-20(14-10-18)28-22-6-2-4-16-26-22/h7-14,21-23H,1-6,15-16,24H2. The van der Waals surface area contributed by atoms with Crippen LogP contribution in [0.5, 0.6) is 11.5 Å². The third-order valence-electron chi connectivity index (χ3n) is 5.29. The number of rotatable bonds is 6. The molecule has 0 amide bonds. The second-order valence-corrected chi connectivity index (χ2v) is 7.44. The summed E-state index contributed by atoms with van der Waals surface area (Å²) in [5.74, 6) is 1.64. The summed E-state index contributed by atoms with van der Waals surface area (Å²) in [6, 6.07) is 15.7. The molecule has 2 saturated heterocycles. The van der Waals surface area contributed by atoms with Crippen LogP contribution < -0.4 is 15.2 Å². The Morgan fingerprint density at radius 2 is 1.11 bits per heavy atom. The number of ether oxygens (including phenoxy) is 4. The zero-order valence-electron chi connectivity index (χ0n) is 16.2. The minimum atomic E-state index is -0.194. The third kappa shape index (κ3) is 5.04. The van der Waals surface area contributed by atoms with Gasteiger partial charge in [0.15, 0.2) is 12.6 Å². The molecule has 5 heteroatoms. The number of nitrogens with two attached hydrogens (primary N) is 1. The molecule has 5 nitrogen and oxygen atoms in total. The largest absolute Gasteiger partial charge is 0.465 e. The molecule has 2 N–H and O–H groups in total. The Morgan fingerprint density at radius 1 is 0.679 bits per heavy atom. The topological polar surface area (TPSA) is 62.9 Å². The Labute approximate surface area is 166 Å². The van der Waals surface area contributed by atoms with Crippen LogP contribution >= 0.6 is 0 Å². The second kappa shape index (κ2) is 9.41. The van der Waals surface area contributed by atoms with Crippen LogP contribution in [-0.4, -0.2) is 25.8 Å². The van der Waals surface area contributed by atoms with Crippen molar-refractivity contribution >= 4 is 0 Å². The van der Waals surface area contributed by atoms with Crippen LogP contribution in [0.1, 0.15) is 55.7 Å². The van der Waals surface area contributed by atoms with Gasteiger partial charge < -0.3 is 24.7 Å². The molecule has 4 rings (SSSR count). The van der Waals surface area contributed by atoms with Crippen molar-refractivity contribution in [2.75, 3.05) is 13.2 Å². The fourth-order valence-corrected chi connectivity index (χ4v) is 3.61. The highest BCUT2D eigenvalue weighted by Gasteiger charge is 2.17. The average Bonchev–Trinajstić information content (AvgIpc) is 2.76. The Hall–Kier alpha value is -2.08. The predicted molar refractivity (Wildman–Crippen MR) is 107 cm³/mol. The van der Waals surface area contributed by atoms with E-state index in [1.807, 2.05) is 48.5 Å². The van der Waals surface area contributed by atoms with Gasteiger partial charge in [0, 0.05) is 12.8 Å². The summed E-state index contributed by atoms with van der Waals surface area (Å²) >= 11 is 0.